The molecular formula is C20H20N4O3. The molecule has 0 aliphatic heterocycles. The third-order valence-electron chi connectivity index (χ3n) is 4.09. The fourth-order valence-corrected chi connectivity index (χ4v) is 2.72. The lowest BCUT2D eigenvalue weighted by molar-refractivity contribution is -0.384. The monoisotopic (exact) mass is 364 g/mol. The molecule has 0 bridgehead atoms. The number of nitrogens with one attached hydrogen (secondary N) is 1. The third kappa shape index (κ3) is 4.65. The Morgan fingerprint density at radius 2 is 1.85 bits per heavy atom. The number of nitrogens with zero attached hydrogens (tertiary/aromatic N) is 3. The standard InChI is InChI=1S/C20H20N4O3/c1-13-4-3-5-16(10-13)18(25)12-21-19-11-14(2)22-20(23-19)15-6-8-17(9-7-15)24(26)27/h3-11,18,25H,12H2,1-2H3,(H,21,22,23). The van der Waals surface area contributed by atoms with Crippen molar-refractivity contribution in [3.05, 3.63) is 81.5 Å². The van der Waals surface area contributed by atoms with E-state index in [1.54, 1.807) is 18.2 Å². The lowest BCUT2D eigenvalue weighted by Gasteiger charge is -2.14. The first-order valence-corrected chi connectivity index (χ1v) is 8.51. The first-order valence-electron chi connectivity index (χ1n) is 8.51. The van der Waals surface area contributed by atoms with Crippen LogP contribution in [0.2, 0.25) is 0 Å². The number of benzene rings is 2. The van der Waals surface area contributed by atoms with Gasteiger partial charge in [0.05, 0.1) is 11.0 Å². The zero-order valence-electron chi connectivity index (χ0n) is 15.1. The average Bonchev–Trinajstić information content (AvgIpc) is 2.65. The Morgan fingerprint density at radius 1 is 1.11 bits per heavy atom. The Bertz CT molecular complexity index is 958. The first kappa shape index (κ1) is 18.5. The van der Waals surface area contributed by atoms with Gasteiger partial charge in [0.2, 0.25) is 0 Å². The van der Waals surface area contributed by atoms with Gasteiger partial charge in [-0.25, -0.2) is 9.97 Å². The van der Waals surface area contributed by atoms with E-state index >= 15 is 0 Å². The van der Waals surface area contributed by atoms with Crippen molar-refractivity contribution in [3.8, 4) is 11.4 Å². The Hall–Kier alpha value is -3.32. The predicted octanol–water partition coefficient (Wildman–Crippen LogP) is 3.81. The van der Waals surface area contributed by atoms with Crippen LogP contribution >= 0.6 is 0 Å². The number of anilines is 1. The average molecular weight is 364 g/mol. The molecule has 0 spiro atoms. The van der Waals surface area contributed by atoms with Crippen LogP contribution in [0, 0.1) is 24.0 Å². The number of hydrogen-bond donors (Lipinski definition) is 2. The highest BCUT2D eigenvalue weighted by Gasteiger charge is 2.11. The normalized spacial score (nSPS) is 11.8. The van der Waals surface area contributed by atoms with E-state index in [0.717, 1.165) is 16.8 Å². The molecule has 0 saturated heterocycles. The van der Waals surface area contributed by atoms with Crippen molar-refractivity contribution < 1.29 is 10.0 Å². The predicted molar refractivity (Wildman–Crippen MR) is 103 cm³/mol. The number of aryl methyl sites for hydroxylation is 2. The summed E-state index contributed by atoms with van der Waals surface area (Å²) in [4.78, 5) is 19.2. The first-order chi connectivity index (χ1) is 12.9. The fourth-order valence-electron chi connectivity index (χ4n) is 2.72. The Labute approximate surface area is 156 Å². The van der Waals surface area contributed by atoms with Gasteiger partial charge in [0.25, 0.3) is 5.69 Å². The lowest BCUT2D eigenvalue weighted by atomic mass is 10.1. The molecule has 7 nitrogen and oxygen atoms in total. The molecule has 27 heavy (non-hydrogen) atoms. The smallest absolute Gasteiger partial charge is 0.269 e. The van der Waals surface area contributed by atoms with E-state index in [1.807, 2.05) is 38.1 Å². The summed E-state index contributed by atoms with van der Waals surface area (Å²) in [5, 5.41) is 24.3. The SMILES string of the molecule is Cc1cccc(C(O)CNc2cc(C)nc(-c3ccc([N+](=O)[O-])cc3)n2)c1. The van der Waals surface area contributed by atoms with Gasteiger partial charge < -0.3 is 10.4 Å². The molecule has 2 aromatic carbocycles. The van der Waals surface area contributed by atoms with E-state index in [9.17, 15) is 15.2 Å². The molecule has 1 atom stereocenters. The van der Waals surface area contributed by atoms with E-state index in [4.69, 9.17) is 0 Å². The highest BCUT2D eigenvalue weighted by Crippen LogP contribution is 2.22. The van der Waals surface area contributed by atoms with Crippen LogP contribution in [0.5, 0.6) is 0 Å². The number of non-ortho nitro benzene ring substituents is 1. The van der Waals surface area contributed by atoms with Gasteiger partial charge in [0, 0.05) is 36.0 Å². The van der Waals surface area contributed by atoms with E-state index in [1.165, 1.54) is 12.1 Å². The highest BCUT2D eigenvalue weighted by atomic mass is 16.6. The third-order valence-corrected chi connectivity index (χ3v) is 4.09. The number of aliphatic hydroxyl groups is 1. The molecule has 138 valence electrons. The summed E-state index contributed by atoms with van der Waals surface area (Å²) < 4.78 is 0. The Kier molecular flexibility index (Phi) is 5.42. The second kappa shape index (κ2) is 7.92. The summed E-state index contributed by atoms with van der Waals surface area (Å²) in [6.45, 7) is 4.13. The molecule has 3 aromatic rings. The van der Waals surface area contributed by atoms with Gasteiger partial charge in [0.15, 0.2) is 5.82 Å². The maximum Gasteiger partial charge on any atom is 0.269 e. The van der Waals surface area contributed by atoms with Crippen LogP contribution in [0.1, 0.15) is 22.9 Å². The number of aromatic nitrogens is 2. The van der Waals surface area contributed by atoms with E-state index in [0.29, 0.717) is 23.8 Å². The summed E-state index contributed by atoms with van der Waals surface area (Å²) in [7, 11) is 0. The zero-order valence-corrected chi connectivity index (χ0v) is 15.1. The zero-order chi connectivity index (χ0) is 19.4. The Morgan fingerprint density at radius 3 is 2.52 bits per heavy atom. The minimum Gasteiger partial charge on any atom is -0.387 e. The van der Waals surface area contributed by atoms with Crippen molar-refractivity contribution in [2.45, 2.75) is 20.0 Å². The van der Waals surface area contributed by atoms with Crippen molar-refractivity contribution in [2.75, 3.05) is 11.9 Å². The lowest BCUT2D eigenvalue weighted by Crippen LogP contribution is -2.13. The van der Waals surface area contributed by atoms with Gasteiger partial charge in [0.1, 0.15) is 5.82 Å². The summed E-state index contributed by atoms with van der Waals surface area (Å²) in [5.41, 5.74) is 3.39. The number of aliphatic hydroxyl groups excluding tert-OH is 1. The minimum atomic E-state index is -0.664. The molecule has 7 heteroatoms. The molecule has 0 saturated carbocycles. The van der Waals surface area contributed by atoms with Gasteiger partial charge >= 0.3 is 0 Å². The number of hydrogen-bond acceptors (Lipinski definition) is 6. The van der Waals surface area contributed by atoms with Gasteiger partial charge in [-0.3, -0.25) is 10.1 Å². The second-order valence-corrected chi connectivity index (χ2v) is 6.33. The molecule has 0 aliphatic rings. The molecule has 2 N–H and O–H groups in total. The van der Waals surface area contributed by atoms with Crippen LogP contribution in [0.25, 0.3) is 11.4 Å². The molecule has 0 radical (unpaired) electrons. The van der Waals surface area contributed by atoms with Crippen LogP contribution in [0.15, 0.2) is 54.6 Å². The molecular weight excluding hydrogens is 344 g/mol. The summed E-state index contributed by atoms with van der Waals surface area (Å²) in [6, 6.07) is 15.6. The summed E-state index contributed by atoms with van der Waals surface area (Å²) in [5.74, 6) is 1.06. The molecule has 1 aromatic heterocycles. The quantitative estimate of drug-likeness (QED) is 0.509. The molecule has 0 aliphatic carbocycles. The van der Waals surface area contributed by atoms with Crippen molar-refractivity contribution in [1.29, 1.82) is 0 Å². The van der Waals surface area contributed by atoms with Crippen LogP contribution in [-0.2, 0) is 0 Å². The number of nitro groups is 1. The topological polar surface area (TPSA) is 101 Å². The largest absolute Gasteiger partial charge is 0.387 e. The second-order valence-electron chi connectivity index (χ2n) is 6.33. The van der Waals surface area contributed by atoms with Gasteiger partial charge in [-0.05, 0) is 31.5 Å². The summed E-state index contributed by atoms with van der Waals surface area (Å²) >= 11 is 0. The van der Waals surface area contributed by atoms with E-state index in [-0.39, 0.29) is 5.69 Å². The fraction of sp³-hybridized carbons (Fsp3) is 0.200. The van der Waals surface area contributed by atoms with Crippen LogP contribution in [0.4, 0.5) is 11.5 Å². The minimum absolute atomic E-state index is 0.0195. The van der Waals surface area contributed by atoms with E-state index < -0.39 is 11.0 Å². The molecule has 0 amide bonds. The van der Waals surface area contributed by atoms with Crippen molar-refractivity contribution in [1.82, 2.24) is 9.97 Å². The van der Waals surface area contributed by atoms with Gasteiger partial charge in [-0.1, -0.05) is 29.8 Å². The van der Waals surface area contributed by atoms with Gasteiger partial charge in [-0.15, -0.1) is 0 Å². The van der Waals surface area contributed by atoms with Crippen LogP contribution in [-0.4, -0.2) is 26.5 Å². The number of rotatable bonds is 6. The number of nitro benzene ring substituents is 1. The maximum atomic E-state index is 10.8. The van der Waals surface area contributed by atoms with Crippen LogP contribution < -0.4 is 5.32 Å². The van der Waals surface area contributed by atoms with Crippen molar-refractivity contribution in [3.63, 3.8) is 0 Å². The summed E-state index contributed by atoms with van der Waals surface area (Å²) in [6.07, 6.45) is -0.664. The molecule has 1 unspecified atom stereocenters. The highest BCUT2D eigenvalue weighted by molar-refractivity contribution is 5.59. The maximum absolute atomic E-state index is 10.8. The van der Waals surface area contributed by atoms with Crippen LogP contribution in [0.3, 0.4) is 0 Å². The molecule has 3 rings (SSSR count). The Balaban J connectivity index is 1.76. The van der Waals surface area contributed by atoms with Crippen molar-refractivity contribution in [2.24, 2.45) is 0 Å². The van der Waals surface area contributed by atoms with E-state index in [2.05, 4.69) is 15.3 Å². The van der Waals surface area contributed by atoms with Gasteiger partial charge in [-0.2, -0.15) is 0 Å². The molecule has 1 heterocycles. The van der Waals surface area contributed by atoms with Crippen molar-refractivity contribution >= 4 is 11.5 Å². The molecule has 0 fully saturated rings.